The van der Waals surface area contributed by atoms with Crippen molar-refractivity contribution in [1.82, 2.24) is 10.4 Å². The Labute approximate surface area is 182 Å². The van der Waals surface area contributed by atoms with Crippen LogP contribution in [0.15, 0.2) is 36.4 Å². The molecule has 0 saturated heterocycles. The number of halogens is 2. The van der Waals surface area contributed by atoms with Gasteiger partial charge in [0.2, 0.25) is 0 Å². The van der Waals surface area contributed by atoms with Crippen molar-refractivity contribution in [2.45, 2.75) is 39.2 Å². The van der Waals surface area contributed by atoms with Gasteiger partial charge in [-0.3, -0.25) is 0 Å². The molecule has 4 nitrogen and oxygen atoms in total. The summed E-state index contributed by atoms with van der Waals surface area (Å²) in [6, 6.07) is 10.4. The zero-order valence-electron chi connectivity index (χ0n) is 17.6. The van der Waals surface area contributed by atoms with Gasteiger partial charge in [-0.2, -0.15) is 0 Å². The fourth-order valence-corrected chi connectivity index (χ4v) is 4.21. The van der Waals surface area contributed by atoms with E-state index in [1.807, 2.05) is 12.1 Å². The number of nitrogens with one attached hydrogen (secondary N) is 1. The number of aryl methyl sites for hydroxylation is 2. The normalized spacial score (nSPS) is 17.6. The smallest absolute Gasteiger partial charge is 0.159 e. The molecule has 0 amide bonds. The molecule has 0 spiro atoms. The standard InChI is InChI=1S/C21H25F2N3S.C2H4O/c1-13-3-4-14-5-6-15(9-10-24)20(17(14)11-13)26(2)25-21(27)16-7-8-18(22)19(23)12-16;1-2-3/h3-4,7-8,11-12,15,20H,5-6,9-10,24H2,1-2H3,(H,25,27);2H,1H3. The van der Waals surface area contributed by atoms with Gasteiger partial charge in [-0.05, 0) is 74.9 Å². The van der Waals surface area contributed by atoms with Gasteiger partial charge in [-0.25, -0.2) is 13.8 Å². The monoisotopic (exact) mass is 433 g/mol. The van der Waals surface area contributed by atoms with Crippen molar-refractivity contribution in [2.75, 3.05) is 13.6 Å². The van der Waals surface area contributed by atoms with Crippen LogP contribution in [0.4, 0.5) is 8.78 Å². The summed E-state index contributed by atoms with van der Waals surface area (Å²) in [7, 11) is 1.94. The molecule has 0 radical (unpaired) electrons. The zero-order chi connectivity index (χ0) is 22.3. The molecule has 30 heavy (non-hydrogen) atoms. The SMILES string of the molecule is CC=O.Cc1ccc2c(c1)C(N(C)NC(=S)c1ccc(F)c(F)c1)C(CCN)CC2. The van der Waals surface area contributed by atoms with Crippen molar-refractivity contribution in [3.8, 4) is 0 Å². The van der Waals surface area contributed by atoms with Crippen LogP contribution in [0.3, 0.4) is 0 Å². The van der Waals surface area contributed by atoms with E-state index in [1.54, 1.807) is 0 Å². The molecule has 2 aromatic carbocycles. The maximum Gasteiger partial charge on any atom is 0.159 e. The molecule has 2 aromatic rings. The maximum absolute atomic E-state index is 13.5. The van der Waals surface area contributed by atoms with Crippen molar-refractivity contribution in [1.29, 1.82) is 0 Å². The largest absolute Gasteiger partial charge is 0.330 e. The second-order valence-corrected chi connectivity index (χ2v) is 7.85. The number of hydrogen-bond donors (Lipinski definition) is 2. The van der Waals surface area contributed by atoms with Gasteiger partial charge in [0.25, 0.3) is 0 Å². The Balaban J connectivity index is 0.00000101. The van der Waals surface area contributed by atoms with Crippen molar-refractivity contribution in [2.24, 2.45) is 11.7 Å². The number of carbonyl (C=O) groups is 1. The fraction of sp³-hybridized carbons (Fsp3) is 0.391. The topological polar surface area (TPSA) is 58.4 Å². The van der Waals surface area contributed by atoms with Gasteiger partial charge in [0.15, 0.2) is 11.6 Å². The third kappa shape index (κ3) is 5.90. The van der Waals surface area contributed by atoms with Crippen LogP contribution in [0, 0.1) is 24.5 Å². The van der Waals surface area contributed by atoms with Gasteiger partial charge < -0.3 is 16.0 Å². The van der Waals surface area contributed by atoms with E-state index in [2.05, 4.69) is 30.5 Å². The van der Waals surface area contributed by atoms with Crippen LogP contribution in [0.2, 0.25) is 0 Å². The molecule has 0 bridgehead atoms. The maximum atomic E-state index is 13.5. The molecule has 7 heteroatoms. The number of aldehydes is 1. The minimum Gasteiger partial charge on any atom is -0.330 e. The van der Waals surface area contributed by atoms with E-state index in [1.165, 1.54) is 29.7 Å². The predicted molar refractivity (Wildman–Crippen MR) is 120 cm³/mol. The van der Waals surface area contributed by atoms with E-state index in [4.69, 9.17) is 22.7 Å². The van der Waals surface area contributed by atoms with Gasteiger partial charge in [-0.1, -0.05) is 36.0 Å². The molecule has 1 aliphatic rings. The van der Waals surface area contributed by atoms with E-state index < -0.39 is 11.6 Å². The number of fused-ring (bicyclic) bond motifs is 1. The minimum atomic E-state index is -0.904. The van der Waals surface area contributed by atoms with Crippen LogP contribution in [-0.2, 0) is 11.2 Å². The van der Waals surface area contributed by atoms with E-state index in [0.29, 0.717) is 23.0 Å². The Hall–Kier alpha value is -2.22. The van der Waals surface area contributed by atoms with E-state index in [9.17, 15) is 8.78 Å². The Bertz CT molecular complexity index is 891. The van der Waals surface area contributed by atoms with Crippen LogP contribution in [0.1, 0.15) is 48.1 Å². The van der Waals surface area contributed by atoms with E-state index >= 15 is 0 Å². The summed E-state index contributed by atoms with van der Waals surface area (Å²) >= 11 is 5.43. The molecule has 0 fully saturated rings. The van der Waals surface area contributed by atoms with Gasteiger partial charge in [-0.15, -0.1) is 0 Å². The molecule has 2 unspecified atom stereocenters. The molecule has 0 aliphatic heterocycles. The number of rotatable bonds is 5. The van der Waals surface area contributed by atoms with Gasteiger partial charge in [0.05, 0.1) is 6.04 Å². The van der Waals surface area contributed by atoms with Crippen molar-refractivity contribution < 1.29 is 13.6 Å². The molecule has 1 aliphatic carbocycles. The quantitative estimate of drug-likeness (QED) is 0.420. The highest BCUT2D eigenvalue weighted by atomic mass is 32.1. The van der Waals surface area contributed by atoms with Crippen LogP contribution in [0.25, 0.3) is 0 Å². The molecule has 0 heterocycles. The number of nitrogens with zero attached hydrogens (tertiary/aromatic N) is 1. The van der Waals surface area contributed by atoms with Crippen molar-refractivity contribution in [3.05, 3.63) is 70.3 Å². The third-order valence-electron chi connectivity index (χ3n) is 5.27. The first-order valence-electron chi connectivity index (χ1n) is 10.0. The van der Waals surface area contributed by atoms with Gasteiger partial charge >= 0.3 is 0 Å². The fourth-order valence-electron chi connectivity index (χ4n) is 3.94. The number of hydrazine groups is 1. The summed E-state index contributed by atoms with van der Waals surface area (Å²) in [5, 5.41) is 1.99. The van der Waals surface area contributed by atoms with Crippen molar-refractivity contribution in [3.63, 3.8) is 0 Å². The Kier molecular flexibility index (Phi) is 9.02. The summed E-state index contributed by atoms with van der Waals surface area (Å²) in [6.45, 7) is 4.16. The highest BCUT2D eigenvalue weighted by molar-refractivity contribution is 7.80. The number of nitrogens with two attached hydrogens (primary N) is 1. The number of carbonyl (C=O) groups excluding carboxylic acids is 1. The van der Waals surface area contributed by atoms with E-state index in [0.717, 1.165) is 37.7 Å². The predicted octanol–water partition coefficient (Wildman–Crippen LogP) is 4.24. The number of benzene rings is 2. The first-order valence-corrected chi connectivity index (χ1v) is 10.4. The van der Waals surface area contributed by atoms with Crippen LogP contribution in [0.5, 0.6) is 0 Å². The highest BCUT2D eigenvalue weighted by Gasteiger charge is 2.32. The van der Waals surface area contributed by atoms with Crippen LogP contribution < -0.4 is 11.2 Å². The Morgan fingerprint density at radius 3 is 2.60 bits per heavy atom. The molecular formula is C23H29F2N3OS. The third-order valence-corrected chi connectivity index (χ3v) is 5.59. The average Bonchev–Trinajstić information content (AvgIpc) is 2.70. The highest BCUT2D eigenvalue weighted by Crippen LogP contribution is 2.39. The summed E-state index contributed by atoms with van der Waals surface area (Å²) in [5.41, 5.74) is 13.3. The molecule has 162 valence electrons. The second kappa shape index (κ2) is 11.2. The Morgan fingerprint density at radius 1 is 1.27 bits per heavy atom. The van der Waals surface area contributed by atoms with Gasteiger partial charge in [0, 0.05) is 12.6 Å². The molecule has 3 rings (SSSR count). The summed E-state index contributed by atoms with van der Waals surface area (Å²) in [6.07, 6.45) is 3.77. The average molecular weight is 434 g/mol. The Morgan fingerprint density at radius 2 is 1.97 bits per heavy atom. The lowest BCUT2D eigenvalue weighted by molar-refractivity contribution is -0.106. The summed E-state index contributed by atoms with van der Waals surface area (Å²) < 4.78 is 26.7. The van der Waals surface area contributed by atoms with Crippen molar-refractivity contribution >= 4 is 23.5 Å². The number of hydrogen-bond acceptors (Lipinski definition) is 4. The summed E-state index contributed by atoms with van der Waals surface area (Å²) in [5.74, 6) is -1.39. The zero-order valence-corrected chi connectivity index (χ0v) is 18.4. The summed E-state index contributed by atoms with van der Waals surface area (Å²) in [4.78, 5) is 9.17. The minimum absolute atomic E-state index is 0.112. The lowest BCUT2D eigenvalue weighted by atomic mass is 9.77. The lowest BCUT2D eigenvalue weighted by Gasteiger charge is -2.40. The van der Waals surface area contributed by atoms with E-state index in [-0.39, 0.29) is 6.04 Å². The van der Waals surface area contributed by atoms with Crippen LogP contribution >= 0.6 is 12.2 Å². The molecule has 2 atom stereocenters. The first kappa shape index (κ1) is 24.1. The van der Waals surface area contributed by atoms with Crippen LogP contribution in [-0.4, -0.2) is 29.9 Å². The molecular weight excluding hydrogens is 404 g/mol. The van der Waals surface area contributed by atoms with Gasteiger partial charge in [0.1, 0.15) is 11.3 Å². The first-order chi connectivity index (χ1) is 14.3. The molecule has 3 N–H and O–H groups in total. The molecule has 0 aromatic heterocycles. The number of thiocarbonyl (C=S) groups is 1. The molecule has 0 saturated carbocycles. The second-order valence-electron chi connectivity index (χ2n) is 7.44. The lowest BCUT2D eigenvalue weighted by Crippen LogP contribution is -2.45.